The molecule has 2 aliphatic heterocycles. The zero-order valence-corrected chi connectivity index (χ0v) is 39.2. The number of anilines is 2. The van der Waals surface area contributed by atoms with Crippen LogP contribution in [0.3, 0.4) is 0 Å². The molecule has 0 aliphatic carbocycles. The van der Waals surface area contributed by atoms with Gasteiger partial charge in [-0.05, 0) is 134 Å². The number of piperidine rings is 2. The van der Waals surface area contributed by atoms with Crippen molar-refractivity contribution in [2.45, 2.75) is 63.7 Å². The Kier molecular flexibility index (Phi) is 15.2. The van der Waals surface area contributed by atoms with Gasteiger partial charge >= 0.3 is 0 Å². The summed E-state index contributed by atoms with van der Waals surface area (Å²) in [5, 5.41) is 7.43. The number of hydrogen-bond acceptors (Lipinski definition) is 8. The van der Waals surface area contributed by atoms with E-state index in [-0.39, 0.29) is 11.6 Å². The standard InChI is InChI=1S/2C28H31FN4O/c2*1-34-25-12-8-21(9-13-25)14-17-32-18-15-24(16-19-32)30-28-31-26-4-2-3-5-27(26)33(28)20-22-6-10-23(29)11-7-22/h2*2-13,24H,14-20H2,1H3,(H,30,31). The van der Waals surface area contributed by atoms with Crippen LogP contribution in [-0.4, -0.2) is 94.5 Å². The molecule has 0 unspecified atom stereocenters. The molecule has 0 amide bonds. The Morgan fingerprint density at radius 1 is 0.471 bits per heavy atom. The summed E-state index contributed by atoms with van der Waals surface area (Å²) in [6.45, 7) is 7.76. The first-order valence-electron chi connectivity index (χ1n) is 24.0. The average molecular weight is 917 g/mol. The van der Waals surface area contributed by atoms with Crippen LogP contribution in [-0.2, 0) is 25.9 Å². The minimum Gasteiger partial charge on any atom is -0.497 e. The summed E-state index contributed by atoms with van der Waals surface area (Å²) in [5.74, 6) is 3.17. The highest BCUT2D eigenvalue weighted by atomic mass is 19.1. The number of aromatic nitrogens is 4. The van der Waals surface area contributed by atoms with E-state index in [4.69, 9.17) is 19.4 Å². The Morgan fingerprint density at radius 3 is 1.19 bits per heavy atom. The Bertz CT molecular complexity index is 2620. The predicted octanol–water partition coefficient (Wildman–Crippen LogP) is 10.7. The van der Waals surface area contributed by atoms with E-state index in [1.807, 2.05) is 84.9 Å². The number of nitrogens with one attached hydrogen (secondary N) is 2. The lowest BCUT2D eigenvalue weighted by atomic mass is 10.0. The van der Waals surface area contributed by atoms with Gasteiger partial charge in [-0.3, -0.25) is 0 Å². The molecule has 0 spiro atoms. The van der Waals surface area contributed by atoms with Gasteiger partial charge in [0.05, 0.1) is 49.4 Å². The molecular weight excluding hydrogens is 855 g/mol. The number of likely N-dealkylation sites (tertiary alicyclic amines) is 2. The second kappa shape index (κ2) is 22.4. The van der Waals surface area contributed by atoms with Gasteiger partial charge in [-0.1, -0.05) is 72.8 Å². The van der Waals surface area contributed by atoms with Crippen LogP contribution in [0.1, 0.15) is 47.9 Å². The van der Waals surface area contributed by atoms with Gasteiger partial charge in [0, 0.05) is 51.4 Å². The predicted molar refractivity (Wildman–Crippen MR) is 270 cm³/mol. The second-order valence-corrected chi connectivity index (χ2v) is 18.0. The number of para-hydroxylation sites is 4. The molecule has 2 aliphatic rings. The van der Waals surface area contributed by atoms with E-state index < -0.39 is 0 Å². The number of fused-ring (bicyclic) bond motifs is 2. The molecule has 2 aromatic heterocycles. The summed E-state index contributed by atoms with van der Waals surface area (Å²) in [4.78, 5) is 14.9. The number of nitrogens with zero attached hydrogens (tertiary/aromatic N) is 6. The number of ether oxygens (including phenoxy) is 2. The lowest BCUT2D eigenvalue weighted by Gasteiger charge is -2.32. The molecule has 0 bridgehead atoms. The average Bonchev–Trinajstić information content (AvgIpc) is 3.91. The molecule has 6 aromatic carbocycles. The van der Waals surface area contributed by atoms with Crippen molar-refractivity contribution in [2.24, 2.45) is 0 Å². The minimum atomic E-state index is -0.212. The fourth-order valence-electron chi connectivity index (χ4n) is 9.36. The van der Waals surface area contributed by atoms with Crippen molar-refractivity contribution in [1.82, 2.24) is 28.9 Å². The van der Waals surface area contributed by atoms with Crippen molar-refractivity contribution in [2.75, 3.05) is 64.1 Å². The molecule has 4 heterocycles. The van der Waals surface area contributed by atoms with Crippen LogP contribution in [0, 0.1) is 11.6 Å². The van der Waals surface area contributed by atoms with E-state index in [1.54, 1.807) is 14.2 Å². The van der Waals surface area contributed by atoms with Gasteiger partial charge in [-0.15, -0.1) is 0 Å². The second-order valence-electron chi connectivity index (χ2n) is 18.0. The molecule has 352 valence electrons. The van der Waals surface area contributed by atoms with Crippen LogP contribution in [0.15, 0.2) is 146 Å². The van der Waals surface area contributed by atoms with Crippen LogP contribution in [0.2, 0.25) is 0 Å². The molecule has 68 heavy (non-hydrogen) atoms. The van der Waals surface area contributed by atoms with Gasteiger partial charge in [-0.25, -0.2) is 18.7 Å². The largest absolute Gasteiger partial charge is 0.497 e. The topological polar surface area (TPSA) is 84.6 Å². The van der Waals surface area contributed by atoms with E-state index in [9.17, 15) is 8.78 Å². The smallest absolute Gasteiger partial charge is 0.204 e. The highest BCUT2D eigenvalue weighted by Gasteiger charge is 2.23. The summed E-state index contributed by atoms with van der Waals surface area (Å²) in [7, 11) is 3.40. The fourth-order valence-corrected chi connectivity index (χ4v) is 9.36. The zero-order valence-electron chi connectivity index (χ0n) is 39.2. The number of benzene rings is 6. The Balaban J connectivity index is 0.000000170. The van der Waals surface area contributed by atoms with Crippen LogP contribution in [0.25, 0.3) is 22.1 Å². The van der Waals surface area contributed by atoms with E-state index >= 15 is 0 Å². The fraction of sp³-hybridized carbons (Fsp3) is 0.321. The number of imidazole rings is 2. The minimum absolute atomic E-state index is 0.212. The van der Waals surface area contributed by atoms with Crippen molar-refractivity contribution in [3.8, 4) is 11.5 Å². The van der Waals surface area contributed by atoms with Gasteiger partial charge in [0.1, 0.15) is 23.1 Å². The highest BCUT2D eigenvalue weighted by molar-refractivity contribution is 5.79. The number of rotatable bonds is 16. The van der Waals surface area contributed by atoms with Crippen LogP contribution >= 0.6 is 0 Å². The molecule has 12 heteroatoms. The summed E-state index contributed by atoms with van der Waals surface area (Å²) >= 11 is 0. The van der Waals surface area contributed by atoms with Crippen molar-refractivity contribution in [3.05, 3.63) is 179 Å². The molecule has 8 aromatic rings. The van der Waals surface area contributed by atoms with Crippen molar-refractivity contribution in [1.29, 1.82) is 0 Å². The zero-order chi connectivity index (χ0) is 46.7. The monoisotopic (exact) mass is 916 g/mol. The maximum Gasteiger partial charge on any atom is 0.204 e. The molecule has 10 nitrogen and oxygen atoms in total. The van der Waals surface area contributed by atoms with Crippen LogP contribution in [0.4, 0.5) is 20.7 Å². The number of hydrogen-bond donors (Lipinski definition) is 2. The molecule has 2 N–H and O–H groups in total. The summed E-state index contributed by atoms with van der Waals surface area (Å²) < 4.78 is 41.7. The molecule has 2 saturated heterocycles. The van der Waals surface area contributed by atoms with Gasteiger partial charge in [0.2, 0.25) is 11.9 Å². The van der Waals surface area contributed by atoms with Crippen molar-refractivity contribution in [3.63, 3.8) is 0 Å². The molecule has 0 radical (unpaired) electrons. The van der Waals surface area contributed by atoms with Crippen LogP contribution < -0.4 is 20.1 Å². The third-order valence-corrected chi connectivity index (χ3v) is 13.4. The van der Waals surface area contributed by atoms with Crippen molar-refractivity contribution >= 4 is 34.0 Å². The van der Waals surface area contributed by atoms with E-state index in [0.29, 0.717) is 25.2 Å². The first kappa shape index (κ1) is 46.4. The first-order valence-corrected chi connectivity index (χ1v) is 24.0. The van der Waals surface area contributed by atoms with Gasteiger partial charge in [0.15, 0.2) is 0 Å². The summed E-state index contributed by atoms with van der Waals surface area (Å²) in [6.07, 6.45) is 6.45. The molecule has 10 rings (SSSR count). The van der Waals surface area contributed by atoms with Crippen LogP contribution in [0.5, 0.6) is 11.5 Å². The Morgan fingerprint density at radius 2 is 0.824 bits per heavy atom. The Hall–Kier alpha value is -6.76. The highest BCUT2D eigenvalue weighted by Crippen LogP contribution is 2.26. The Labute approximate surface area is 398 Å². The maximum atomic E-state index is 13.4. The number of halogens is 2. The third-order valence-electron chi connectivity index (χ3n) is 13.4. The molecular formula is C56H62F2N8O2. The SMILES string of the molecule is COc1ccc(CCN2CCC(Nc3nc4ccccc4n3Cc3ccc(F)cc3)CC2)cc1.COc1ccc(CCN2CCC(Nc3nc4ccccc4n3Cc3ccc(F)cc3)CC2)cc1. The third kappa shape index (κ3) is 12.0. The molecule has 0 saturated carbocycles. The molecule has 2 fully saturated rings. The summed E-state index contributed by atoms with van der Waals surface area (Å²) in [5.41, 5.74) is 8.93. The van der Waals surface area contributed by atoms with Gasteiger partial charge in [0.25, 0.3) is 0 Å². The normalized spacial score (nSPS) is 15.0. The lowest BCUT2D eigenvalue weighted by Crippen LogP contribution is -2.40. The summed E-state index contributed by atoms with van der Waals surface area (Å²) in [6, 6.07) is 47.3. The van der Waals surface area contributed by atoms with Crippen molar-refractivity contribution < 1.29 is 18.3 Å². The van der Waals surface area contributed by atoms with Gasteiger partial charge in [-0.2, -0.15) is 0 Å². The molecule has 0 atom stereocenters. The van der Waals surface area contributed by atoms with E-state index in [0.717, 1.165) is 134 Å². The maximum absolute atomic E-state index is 13.4. The number of methoxy groups -OCH3 is 2. The van der Waals surface area contributed by atoms with E-state index in [1.165, 1.54) is 35.4 Å². The first-order chi connectivity index (χ1) is 33.3. The van der Waals surface area contributed by atoms with Gasteiger partial charge < -0.3 is 39.0 Å². The quantitative estimate of drug-likeness (QED) is 0.0992. The lowest BCUT2D eigenvalue weighted by molar-refractivity contribution is 0.221. The van der Waals surface area contributed by atoms with E-state index in [2.05, 4.69) is 66.0 Å².